The van der Waals surface area contributed by atoms with E-state index in [-0.39, 0.29) is 12.6 Å². The largest absolute Gasteiger partial charge is 0.454 e. The van der Waals surface area contributed by atoms with Gasteiger partial charge in [0.25, 0.3) is 0 Å². The van der Waals surface area contributed by atoms with Gasteiger partial charge in [0, 0.05) is 44.4 Å². The normalized spacial score (nSPS) is 19.2. The number of ether oxygens (including phenoxy) is 2. The van der Waals surface area contributed by atoms with E-state index >= 15 is 0 Å². The van der Waals surface area contributed by atoms with Crippen LogP contribution in [0.5, 0.6) is 11.5 Å². The molecule has 18 heavy (non-hydrogen) atoms. The molecule has 1 N–H and O–H groups in total. The Kier molecular flexibility index (Phi) is 3.41. The number of rotatable bonds is 2. The van der Waals surface area contributed by atoms with Crippen molar-refractivity contribution in [3.8, 4) is 11.5 Å². The van der Waals surface area contributed by atoms with E-state index in [0.717, 1.165) is 26.2 Å². The van der Waals surface area contributed by atoms with Crippen LogP contribution in [-0.2, 0) is 6.54 Å². The molecular formula is C12H14BrFN2O2. The van der Waals surface area contributed by atoms with Crippen LogP contribution in [0.2, 0.25) is 0 Å². The van der Waals surface area contributed by atoms with Gasteiger partial charge in [-0.3, -0.25) is 4.90 Å². The highest BCUT2D eigenvalue weighted by Gasteiger charge is 2.25. The summed E-state index contributed by atoms with van der Waals surface area (Å²) in [5.74, 6) is 0.917. The number of nitrogens with one attached hydrogen (secondary N) is 1. The Labute approximate surface area is 113 Å². The van der Waals surface area contributed by atoms with Crippen molar-refractivity contribution in [1.29, 1.82) is 0 Å². The summed E-state index contributed by atoms with van der Waals surface area (Å²) in [5, 5.41) is 3.28. The molecule has 98 valence electrons. The third kappa shape index (κ3) is 2.20. The molecule has 2 aliphatic heterocycles. The van der Waals surface area contributed by atoms with Crippen molar-refractivity contribution in [3.63, 3.8) is 0 Å². The molecule has 4 nitrogen and oxygen atoms in total. The molecule has 2 aliphatic rings. The van der Waals surface area contributed by atoms with E-state index in [1.807, 2.05) is 0 Å². The van der Waals surface area contributed by atoms with Gasteiger partial charge < -0.3 is 14.8 Å². The molecule has 0 spiro atoms. The second-order valence-corrected chi connectivity index (χ2v) is 5.27. The zero-order chi connectivity index (χ0) is 12.5. The predicted octanol–water partition coefficient (Wildman–Crippen LogP) is 1.72. The smallest absolute Gasteiger partial charge is 0.231 e. The van der Waals surface area contributed by atoms with E-state index in [0.29, 0.717) is 28.1 Å². The molecule has 0 amide bonds. The molecule has 0 radical (unpaired) electrons. The monoisotopic (exact) mass is 316 g/mol. The average Bonchev–Trinajstić information content (AvgIpc) is 2.84. The fourth-order valence-corrected chi connectivity index (χ4v) is 2.74. The number of hydrogen-bond acceptors (Lipinski definition) is 4. The lowest BCUT2D eigenvalue weighted by atomic mass is 10.1. The van der Waals surface area contributed by atoms with Crippen LogP contribution in [0.25, 0.3) is 0 Å². The minimum Gasteiger partial charge on any atom is -0.454 e. The summed E-state index contributed by atoms with van der Waals surface area (Å²) in [7, 11) is 0. The van der Waals surface area contributed by atoms with Gasteiger partial charge in [-0.2, -0.15) is 0 Å². The molecule has 2 heterocycles. The Morgan fingerprint density at radius 2 is 2.11 bits per heavy atom. The van der Waals surface area contributed by atoms with Gasteiger partial charge >= 0.3 is 0 Å². The van der Waals surface area contributed by atoms with E-state index in [1.54, 1.807) is 6.07 Å². The van der Waals surface area contributed by atoms with Gasteiger partial charge in [-0.25, -0.2) is 4.39 Å². The van der Waals surface area contributed by atoms with Crippen LogP contribution in [-0.4, -0.2) is 37.9 Å². The van der Waals surface area contributed by atoms with Gasteiger partial charge in [-0.05, 0) is 15.9 Å². The van der Waals surface area contributed by atoms with Crippen molar-refractivity contribution in [2.24, 2.45) is 0 Å². The predicted molar refractivity (Wildman–Crippen MR) is 68.4 cm³/mol. The van der Waals surface area contributed by atoms with Gasteiger partial charge in [-0.1, -0.05) is 0 Å². The summed E-state index contributed by atoms with van der Waals surface area (Å²) in [4.78, 5) is 2.21. The van der Waals surface area contributed by atoms with Crippen molar-refractivity contribution in [1.82, 2.24) is 10.2 Å². The minimum absolute atomic E-state index is 0.166. The number of halogens is 2. The maximum atomic E-state index is 14.2. The van der Waals surface area contributed by atoms with Crippen molar-refractivity contribution >= 4 is 15.9 Å². The first kappa shape index (κ1) is 12.2. The Balaban J connectivity index is 1.90. The number of piperazine rings is 1. The number of benzene rings is 1. The number of hydrogen-bond donors (Lipinski definition) is 1. The fourth-order valence-electron chi connectivity index (χ4n) is 2.29. The zero-order valence-electron chi connectivity index (χ0n) is 9.84. The summed E-state index contributed by atoms with van der Waals surface area (Å²) in [5.41, 5.74) is 0.582. The summed E-state index contributed by atoms with van der Waals surface area (Å²) < 4.78 is 25.3. The molecule has 1 saturated heterocycles. The molecule has 1 fully saturated rings. The third-order valence-electron chi connectivity index (χ3n) is 3.24. The van der Waals surface area contributed by atoms with Crippen molar-refractivity contribution < 1.29 is 13.9 Å². The molecule has 0 aliphatic carbocycles. The molecule has 0 saturated carbocycles. The minimum atomic E-state index is -0.252. The highest BCUT2D eigenvalue weighted by molar-refractivity contribution is 9.10. The van der Waals surface area contributed by atoms with E-state index in [9.17, 15) is 4.39 Å². The molecule has 3 rings (SSSR count). The summed E-state index contributed by atoms with van der Waals surface area (Å²) in [6.45, 7) is 4.44. The molecule has 0 atom stereocenters. The summed E-state index contributed by atoms with van der Waals surface area (Å²) in [6.07, 6.45) is 0. The molecule has 1 aromatic rings. The first-order valence-corrected chi connectivity index (χ1v) is 6.74. The molecule has 0 unspecified atom stereocenters. The highest BCUT2D eigenvalue weighted by Crippen LogP contribution is 2.41. The van der Waals surface area contributed by atoms with Gasteiger partial charge in [0.05, 0.1) is 4.47 Å². The van der Waals surface area contributed by atoms with Crippen LogP contribution in [0.15, 0.2) is 10.5 Å². The third-order valence-corrected chi connectivity index (χ3v) is 3.82. The standard InChI is InChI=1S/C12H14BrFN2O2/c13-9-5-10-12(18-7-17-10)8(11(9)14)6-16-3-1-15-2-4-16/h5,15H,1-4,6-7H2. The Morgan fingerprint density at radius 1 is 1.33 bits per heavy atom. The fraction of sp³-hybridized carbons (Fsp3) is 0.500. The SMILES string of the molecule is Fc1c(Br)cc2c(c1CN1CCNCC1)OCO2. The van der Waals surface area contributed by atoms with Gasteiger partial charge in [0.15, 0.2) is 11.5 Å². The molecule has 0 bridgehead atoms. The van der Waals surface area contributed by atoms with Gasteiger partial charge in [-0.15, -0.1) is 0 Å². The van der Waals surface area contributed by atoms with Crippen LogP contribution < -0.4 is 14.8 Å². The average molecular weight is 317 g/mol. The summed E-state index contributed by atoms with van der Waals surface area (Å²) >= 11 is 3.22. The number of nitrogens with zero attached hydrogens (tertiary/aromatic N) is 1. The van der Waals surface area contributed by atoms with E-state index in [2.05, 4.69) is 26.1 Å². The molecule has 1 aromatic carbocycles. The van der Waals surface area contributed by atoms with Crippen LogP contribution in [0, 0.1) is 5.82 Å². The summed E-state index contributed by atoms with van der Waals surface area (Å²) in [6, 6.07) is 1.62. The Morgan fingerprint density at radius 3 is 2.89 bits per heavy atom. The lowest BCUT2D eigenvalue weighted by molar-refractivity contribution is 0.170. The van der Waals surface area contributed by atoms with Gasteiger partial charge in [0.1, 0.15) is 5.82 Å². The van der Waals surface area contributed by atoms with Crippen LogP contribution >= 0.6 is 15.9 Å². The van der Waals surface area contributed by atoms with Crippen LogP contribution in [0.3, 0.4) is 0 Å². The van der Waals surface area contributed by atoms with Crippen LogP contribution in [0.1, 0.15) is 5.56 Å². The zero-order valence-corrected chi connectivity index (χ0v) is 11.4. The molecule has 0 aromatic heterocycles. The Hall–Kier alpha value is -0.850. The van der Waals surface area contributed by atoms with Crippen LogP contribution in [0.4, 0.5) is 4.39 Å². The molecule has 6 heteroatoms. The van der Waals surface area contributed by atoms with Crippen molar-refractivity contribution in [2.75, 3.05) is 33.0 Å². The number of fused-ring (bicyclic) bond motifs is 1. The lowest BCUT2D eigenvalue weighted by Crippen LogP contribution is -2.43. The maximum Gasteiger partial charge on any atom is 0.231 e. The Bertz CT molecular complexity index is 464. The van der Waals surface area contributed by atoms with Crippen molar-refractivity contribution in [3.05, 3.63) is 21.9 Å². The maximum absolute atomic E-state index is 14.2. The van der Waals surface area contributed by atoms with E-state index in [4.69, 9.17) is 9.47 Å². The van der Waals surface area contributed by atoms with Crippen molar-refractivity contribution in [2.45, 2.75) is 6.54 Å². The van der Waals surface area contributed by atoms with E-state index < -0.39 is 0 Å². The lowest BCUT2D eigenvalue weighted by Gasteiger charge is -2.27. The van der Waals surface area contributed by atoms with E-state index in [1.165, 1.54) is 0 Å². The topological polar surface area (TPSA) is 33.7 Å². The first-order valence-electron chi connectivity index (χ1n) is 5.95. The highest BCUT2D eigenvalue weighted by atomic mass is 79.9. The quantitative estimate of drug-likeness (QED) is 0.901. The van der Waals surface area contributed by atoms with Gasteiger partial charge in [0.2, 0.25) is 6.79 Å². The second-order valence-electron chi connectivity index (χ2n) is 4.41. The second kappa shape index (κ2) is 5.03. The molecular weight excluding hydrogens is 303 g/mol. The first-order chi connectivity index (χ1) is 8.75.